The van der Waals surface area contributed by atoms with Crippen LogP contribution >= 0.6 is 0 Å². The Balaban J connectivity index is 1.13. The van der Waals surface area contributed by atoms with Crippen LogP contribution < -0.4 is 9.80 Å². The summed E-state index contributed by atoms with van der Waals surface area (Å²) < 4.78 is 0. The van der Waals surface area contributed by atoms with Gasteiger partial charge in [0.15, 0.2) is 0 Å². The first-order valence-corrected chi connectivity index (χ1v) is 17.8. The average Bonchev–Trinajstić information content (AvgIpc) is 3.22. The summed E-state index contributed by atoms with van der Waals surface area (Å²) in [6.45, 7) is 0. The second-order valence-electron chi connectivity index (χ2n) is 13.1. The van der Waals surface area contributed by atoms with Crippen molar-refractivity contribution in [2.45, 2.75) is 0 Å². The van der Waals surface area contributed by atoms with Crippen molar-refractivity contribution in [3.63, 3.8) is 0 Å². The number of para-hydroxylation sites is 3. The summed E-state index contributed by atoms with van der Waals surface area (Å²) in [7, 11) is 0. The molecule has 0 unspecified atom stereocenters. The maximum Gasteiger partial charge on any atom is 0.0482 e. The molecule has 0 N–H and O–H groups in total. The van der Waals surface area contributed by atoms with Crippen LogP contribution in [0, 0.1) is 0 Å². The molecule has 2 heteroatoms. The van der Waals surface area contributed by atoms with Gasteiger partial charge in [0.1, 0.15) is 0 Å². The number of fused-ring (bicyclic) bond motifs is 2. The maximum atomic E-state index is 2.35. The molecule has 0 radical (unpaired) electrons. The minimum Gasteiger partial charge on any atom is -0.310 e. The van der Waals surface area contributed by atoms with Gasteiger partial charge in [-0.1, -0.05) is 133 Å². The summed E-state index contributed by atoms with van der Waals surface area (Å²) in [6.07, 6.45) is 0. The predicted molar refractivity (Wildman–Crippen MR) is 222 cm³/mol. The normalized spacial score (nSPS) is 11.1. The molecule has 9 rings (SSSR count). The highest BCUT2D eigenvalue weighted by Crippen LogP contribution is 2.41. The van der Waals surface area contributed by atoms with Gasteiger partial charge in [-0.3, -0.25) is 0 Å². The highest BCUT2D eigenvalue weighted by atomic mass is 15.2. The number of nitrogens with zero attached hydrogens (tertiary/aromatic N) is 2. The molecule has 0 aliphatic rings. The highest BCUT2D eigenvalue weighted by Gasteiger charge is 2.17. The highest BCUT2D eigenvalue weighted by molar-refractivity contribution is 6.01. The Kier molecular flexibility index (Phi) is 8.24. The summed E-state index contributed by atoms with van der Waals surface area (Å²) in [6, 6.07) is 78.3. The number of benzene rings is 9. The van der Waals surface area contributed by atoms with E-state index in [1.165, 1.54) is 43.8 Å². The van der Waals surface area contributed by atoms with Crippen LogP contribution in [0.4, 0.5) is 34.1 Å². The zero-order valence-electron chi connectivity index (χ0n) is 28.7. The lowest BCUT2D eigenvalue weighted by molar-refractivity contribution is 1.25. The van der Waals surface area contributed by atoms with Gasteiger partial charge in [-0.2, -0.15) is 0 Å². The summed E-state index contributed by atoms with van der Waals surface area (Å²) in [4.78, 5) is 4.65. The van der Waals surface area contributed by atoms with E-state index in [2.05, 4.69) is 228 Å². The van der Waals surface area contributed by atoms with Crippen LogP contribution in [-0.2, 0) is 0 Å². The fraction of sp³-hybridized carbons (Fsp3) is 0. The number of rotatable bonds is 8. The van der Waals surface area contributed by atoms with Crippen LogP contribution in [0.25, 0.3) is 43.8 Å². The Morgan fingerprint density at radius 2 is 0.673 bits per heavy atom. The zero-order chi connectivity index (χ0) is 34.7. The Morgan fingerprint density at radius 3 is 1.27 bits per heavy atom. The molecule has 0 aromatic heterocycles. The van der Waals surface area contributed by atoms with Gasteiger partial charge >= 0.3 is 0 Å². The summed E-state index contributed by atoms with van der Waals surface area (Å²) in [5, 5.41) is 4.98. The molecule has 52 heavy (non-hydrogen) atoms. The second-order valence-corrected chi connectivity index (χ2v) is 13.1. The molecule has 0 atom stereocenters. The molecule has 2 nitrogen and oxygen atoms in total. The lowest BCUT2D eigenvalue weighted by Gasteiger charge is -2.29. The third-order valence-electron chi connectivity index (χ3n) is 9.77. The summed E-state index contributed by atoms with van der Waals surface area (Å²) >= 11 is 0. The van der Waals surface area contributed by atoms with Crippen molar-refractivity contribution in [1.82, 2.24) is 0 Å². The Morgan fingerprint density at radius 1 is 0.231 bits per heavy atom. The van der Waals surface area contributed by atoms with Crippen LogP contribution in [0.5, 0.6) is 0 Å². The smallest absolute Gasteiger partial charge is 0.0482 e. The number of anilines is 6. The van der Waals surface area contributed by atoms with Crippen LogP contribution in [0.2, 0.25) is 0 Å². The van der Waals surface area contributed by atoms with Crippen LogP contribution in [0.1, 0.15) is 0 Å². The van der Waals surface area contributed by atoms with Gasteiger partial charge in [0, 0.05) is 34.1 Å². The van der Waals surface area contributed by atoms with Gasteiger partial charge in [0.2, 0.25) is 0 Å². The molecule has 9 aromatic carbocycles. The molecule has 0 saturated carbocycles. The Labute approximate surface area is 305 Å². The zero-order valence-corrected chi connectivity index (χ0v) is 28.7. The molecule has 0 spiro atoms. The van der Waals surface area contributed by atoms with Crippen molar-refractivity contribution < 1.29 is 0 Å². The SMILES string of the molecule is c1ccc(N(c2ccccc2)c2cccc(N(c3ccccc3)c3ccc(-c4cc(-c5ccc6ccccc6c5)cc5ccccc45)cc3)c2)cc1. The molecule has 0 fully saturated rings. The fourth-order valence-electron chi connectivity index (χ4n) is 7.27. The Hall–Kier alpha value is -6.90. The van der Waals surface area contributed by atoms with E-state index in [-0.39, 0.29) is 0 Å². The first-order chi connectivity index (χ1) is 25.8. The third kappa shape index (κ3) is 6.08. The molecular weight excluding hydrogens is 629 g/mol. The van der Waals surface area contributed by atoms with E-state index in [4.69, 9.17) is 0 Å². The minimum absolute atomic E-state index is 1.08. The van der Waals surface area contributed by atoms with Gasteiger partial charge < -0.3 is 9.80 Å². The Bertz CT molecular complexity index is 2570. The standard InChI is InChI=1S/C50H36N2/c1-4-18-43(19-5-1)51(44-20-6-2-7-21-44)47-24-14-25-48(36-47)52(45-22-8-3-9-23-45)46-31-29-38(30-32-46)50-35-42(34-41-17-12-13-26-49(41)50)40-28-27-37-15-10-11-16-39(37)33-40/h1-36H. The van der Waals surface area contributed by atoms with Crippen molar-refractivity contribution in [3.8, 4) is 22.3 Å². The van der Waals surface area contributed by atoms with E-state index >= 15 is 0 Å². The number of hydrogen-bond donors (Lipinski definition) is 0. The molecule has 0 aliphatic carbocycles. The van der Waals surface area contributed by atoms with Crippen molar-refractivity contribution in [2.24, 2.45) is 0 Å². The maximum absolute atomic E-state index is 2.35. The van der Waals surface area contributed by atoms with E-state index < -0.39 is 0 Å². The summed E-state index contributed by atoms with van der Waals surface area (Å²) in [5.41, 5.74) is 11.4. The second kappa shape index (κ2) is 13.8. The van der Waals surface area contributed by atoms with Crippen LogP contribution in [-0.4, -0.2) is 0 Å². The van der Waals surface area contributed by atoms with Crippen molar-refractivity contribution in [3.05, 3.63) is 218 Å². The van der Waals surface area contributed by atoms with E-state index in [1.54, 1.807) is 0 Å². The van der Waals surface area contributed by atoms with Crippen molar-refractivity contribution in [1.29, 1.82) is 0 Å². The van der Waals surface area contributed by atoms with E-state index in [0.29, 0.717) is 0 Å². The summed E-state index contributed by atoms with van der Waals surface area (Å²) in [5.74, 6) is 0. The quantitative estimate of drug-likeness (QED) is 0.159. The monoisotopic (exact) mass is 664 g/mol. The van der Waals surface area contributed by atoms with Gasteiger partial charge in [-0.15, -0.1) is 0 Å². The molecule has 0 amide bonds. The van der Waals surface area contributed by atoms with E-state index in [0.717, 1.165) is 34.1 Å². The average molecular weight is 665 g/mol. The lowest BCUT2D eigenvalue weighted by atomic mass is 9.92. The lowest BCUT2D eigenvalue weighted by Crippen LogP contribution is -2.13. The van der Waals surface area contributed by atoms with Crippen LogP contribution in [0.3, 0.4) is 0 Å². The molecule has 0 saturated heterocycles. The van der Waals surface area contributed by atoms with Gasteiger partial charge in [-0.25, -0.2) is 0 Å². The minimum atomic E-state index is 1.08. The largest absolute Gasteiger partial charge is 0.310 e. The first kappa shape index (κ1) is 31.1. The number of hydrogen-bond acceptors (Lipinski definition) is 2. The molecule has 0 heterocycles. The van der Waals surface area contributed by atoms with Gasteiger partial charge in [0.25, 0.3) is 0 Å². The fourth-order valence-corrected chi connectivity index (χ4v) is 7.27. The van der Waals surface area contributed by atoms with Gasteiger partial charge in [0.05, 0.1) is 0 Å². The predicted octanol–water partition coefficient (Wildman–Crippen LogP) is 14.3. The van der Waals surface area contributed by atoms with E-state index in [1.807, 2.05) is 0 Å². The third-order valence-corrected chi connectivity index (χ3v) is 9.77. The topological polar surface area (TPSA) is 6.48 Å². The van der Waals surface area contributed by atoms with Gasteiger partial charge in [-0.05, 0) is 129 Å². The van der Waals surface area contributed by atoms with Crippen LogP contribution in [0.15, 0.2) is 218 Å². The molecule has 0 bridgehead atoms. The molecule has 9 aromatic rings. The van der Waals surface area contributed by atoms with E-state index in [9.17, 15) is 0 Å². The van der Waals surface area contributed by atoms with Crippen molar-refractivity contribution in [2.75, 3.05) is 9.80 Å². The molecular formula is C50H36N2. The molecule has 0 aliphatic heterocycles. The van der Waals surface area contributed by atoms with Crippen molar-refractivity contribution >= 4 is 55.7 Å². The molecule has 246 valence electrons. The first-order valence-electron chi connectivity index (χ1n) is 17.8.